The summed E-state index contributed by atoms with van der Waals surface area (Å²) in [5.74, 6) is -2.70. The number of aliphatic carboxylic acids is 1. The number of amides is 1. The average Bonchev–Trinajstić information content (AvgIpc) is 2.74. The van der Waals surface area contributed by atoms with E-state index in [0.717, 1.165) is 4.90 Å². The monoisotopic (exact) mass is 300 g/mol. The summed E-state index contributed by atoms with van der Waals surface area (Å²) in [4.78, 5) is 36.1. The molecule has 1 N–H and O–H groups in total. The van der Waals surface area contributed by atoms with E-state index in [4.69, 9.17) is 9.84 Å². The minimum atomic E-state index is -1.25. The van der Waals surface area contributed by atoms with E-state index in [1.165, 1.54) is 6.07 Å². The van der Waals surface area contributed by atoms with Gasteiger partial charge in [0.05, 0.1) is 12.3 Å². The molecule has 0 unspecified atom stereocenters. The zero-order chi connectivity index (χ0) is 16.3. The average molecular weight is 300 g/mol. The number of nitrogens with zero attached hydrogens (tertiary/aromatic N) is 2. The van der Waals surface area contributed by atoms with Gasteiger partial charge in [-0.1, -0.05) is 18.2 Å². The van der Waals surface area contributed by atoms with Gasteiger partial charge in [0.15, 0.2) is 5.57 Å². The minimum Gasteiger partial charge on any atom is -0.480 e. The molecular formula is C15H12N2O5. The Morgan fingerprint density at radius 2 is 1.95 bits per heavy atom. The van der Waals surface area contributed by atoms with Crippen molar-refractivity contribution in [2.24, 2.45) is 0 Å². The van der Waals surface area contributed by atoms with Gasteiger partial charge in [0.1, 0.15) is 12.6 Å². The van der Waals surface area contributed by atoms with E-state index in [2.05, 4.69) is 0 Å². The summed E-state index contributed by atoms with van der Waals surface area (Å²) in [6.07, 6.45) is 0. The molecule has 0 aliphatic carbocycles. The van der Waals surface area contributed by atoms with Gasteiger partial charge in [-0.2, -0.15) is 5.26 Å². The molecule has 0 atom stereocenters. The van der Waals surface area contributed by atoms with E-state index in [9.17, 15) is 19.6 Å². The molecule has 0 saturated carbocycles. The van der Waals surface area contributed by atoms with E-state index in [1.54, 1.807) is 31.2 Å². The molecule has 0 fully saturated rings. The summed E-state index contributed by atoms with van der Waals surface area (Å²) in [5, 5.41) is 18.2. The summed E-state index contributed by atoms with van der Waals surface area (Å²) in [6, 6.07) is 8.04. The molecule has 0 saturated heterocycles. The molecule has 1 aromatic rings. The van der Waals surface area contributed by atoms with Crippen LogP contribution < -0.4 is 0 Å². The Kier molecular flexibility index (Phi) is 4.23. The van der Waals surface area contributed by atoms with Crippen molar-refractivity contribution in [3.8, 4) is 6.07 Å². The van der Waals surface area contributed by atoms with Crippen molar-refractivity contribution in [2.75, 3.05) is 13.2 Å². The van der Waals surface area contributed by atoms with Gasteiger partial charge in [-0.05, 0) is 13.0 Å². The fraction of sp³-hybridized carbons (Fsp3) is 0.200. The first-order valence-corrected chi connectivity index (χ1v) is 6.45. The van der Waals surface area contributed by atoms with Crippen LogP contribution in [0.1, 0.15) is 22.8 Å². The van der Waals surface area contributed by atoms with Crippen LogP contribution in [0, 0.1) is 11.3 Å². The summed E-state index contributed by atoms with van der Waals surface area (Å²) >= 11 is 0. The Morgan fingerprint density at radius 1 is 1.32 bits per heavy atom. The lowest BCUT2D eigenvalue weighted by Crippen LogP contribution is -2.30. The molecule has 0 spiro atoms. The number of hydrogen-bond donors (Lipinski definition) is 1. The highest BCUT2D eigenvalue weighted by Gasteiger charge is 2.37. The number of esters is 1. The van der Waals surface area contributed by atoms with E-state index in [1.807, 2.05) is 0 Å². The first-order valence-electron chi connectivity index (χ1n) is 6.45. The van der Waals surface area contributed by atoms with Crippen LogP contribution in [0.25, 0.3) is 5.70 Å². The second kappa shape index (κ2) is 6.10. The maximum Gasteiger partial charge on any atom is 0.351 e. The number of carboxylic acid groups (broad SMARTS) is 1. The molecule has 0 radical (unpaired) electrons. The zero-order valence-corrected chi connectivity index (χ0v) is 11.7. The maximum atomic E-state index is 12.3. The van der Waals surface area contributed by atoms with Gasteiger partial charge in [0.25, 0.3) is 5.91 Å². The van der Waals surface area contributed by atoms with Crippen LogP contribution in [0.5, 0.6) is 0 Å². The number of carbonyl (C=O) groups is 3. The van der Waals surface area contributed by atoms with Crippen molar-refractivity contribution in [2.45, 2.75) is 6.92 Å². The largest absolute Gasteiger partial charge is 0.480 e. The summed E-state index contributed by atoms with van der Waals surface area (Å²) in [5.41, 5.74) is 0.180. The number of rotatable bonds is 4. The topological polar surface area (TPSA) is 108 Å². The number of nitriles is 1. The van der Waals surface area contributed by atoms with Gasteiger partial charge in [0, 0.05) is 11.1 Å². The normalized spacial score (nSPS) is 15.1. The van der Waals surface area contributed by atoms with Gasteiger partial charge >= 0.3 is 11.9 Å². The molecule has 0 aromatic heterocycles. The van der Waals surface area contributed by atoms with E-state index >= 15 is 0 Å². The van der Waals surface area contributed by atoms with Gasteiger partial charge < -0.3 is 9.84 Å². The Labute approximate surface area is 126 Å². The van der Waals surface area contributed by atoms with E-state index in [-0.39, 0.29) is 23.4 Å². The zero-order valence-electron chi connectivity index (χ0n) is 11.7. The summed E-state index contributed by atoms with van der Waals surface area (Å²) < 4.78 is 4.81. The van der Waals surface area contributed by atoms with Crippen molar-refractivity contribution in [3.63, 3.8) is 0 Å². The highest BCUT2D eigenvalue weighted by atomic mass is 16.5. The lowest BCUT2D eigenvalue weighted by Gasteiger charge is -2.16. The number of carbonyl (C=O) groups excluding carboxylic acids is 2. The number of carboxylic acids is 1. The molecule has 1 aliphatic heterocycles. The third-order valence-corrected chi connectivity index (χ3v) is 3.05. The smallest absolute Gasteiger partial charge is 0.351 e. The molecule has 7 nitrogen and oxygen atoms in total. The standard InChI is InChI=1S/C15H12N2O5/c1-2-22-15(21)11(7-16)13-9-5-3-4-6-10(9)14(20)17(13)8-12(18)19/h3-6H,2,8H2,1H3,(H,18,19)/b13-11-. The maximum absolute atomic E-state index is 12.3. The molecule has 1 heterocycles. The number of fused-ring (bicyclic) bond motifs is 1. The highest BCUT2D eigenvalue weighted by Crippen LogP contribution is 2.34. The second-order valence-electron chi connectivity index (χ2n) is 4.39. The molecule has 112 valence electrons. The van der Waals surface area contributed by atoms with Crippen LogP contribution >= 0.6 is 0 Å². The molecule has 0 bridgehead atoms. The molecule has 1 aromatic carbocycles. The van der Waals surface area contributed by atoms with Crippen molar-refractivity contribution in [3.05, 3.63) is 41.0 Å². The Bertz CT molecular complexity index is 730. The first-order chi connectivity index (χ1) is 10.5. The predicted octanol–water partition coefficient (Wildman–Crippen LogP) is 1.02. The Balaban J connectivity index is 2.67. The molecule has 7 heteroatoms. The molecule has 22 heavy (non-hydrogen) atoms. The minimum absolute atomic E-state index is 0.0241. The number of ether oxygens (including phenoxy) is 1. The van der Waals surface area contributed by atoms with Crippen LogP contribution in [-0.2, 0) is 14.3 Å². The second-order valence-corrected chi connectivity index (χ2v) is 4.39. The van der Waals surface area contributed by atoms with Crippen LogP contribution in [0.2, 0.25) is 0 Å². The molecular weight excluding hydrogens is 288 g/mol. The van der Waals surface area contributed by atoms with Crippen molar-refractivity contribution >= 4 is 23.5 Å². The van der Waals surface area contributed by atoms with Crippen molar-refractivity contribution < 1.29 is 24.2 Å². The van der Waals surface area contributed by atoms with E-state index in [0.29, 0.717) is 5.56 Å². The quantitative estimate of drug-likeness (QED) is 0.505. The highest BCUT2D eigenvalue weighted by molar-refractivity contribution is 6.15. The van der Waals surface area contributed by atoms with Crippen molar-refractivity contribution in [1.82, 2.24) is 4.90 Å². The first kappa shape index (κ1) is 15.3. The Hall–Kier alpha value is -3.14. The van der Waals surface area contributed by atoms with Gasteiger partial charge in [-0.15, -0.1) is 0 Å². The lowest BCUT2D eigenvalue weighted by atomic mass is 10.1. The number of benzene rings is 1. The predicted molar refractivity (Wildman–Crippen MR) is 74.3 cm³/mol. The Morgan fingerprint density at radius 3 is 2.50 bits per heavy atom. The molecule has 1 amide bonds. The third-order valence-electron chi connectivity index (χ3n) is 3.05. The fourth-order valence-electron chi connectivity index (χ4n) is 2.22. The molecule has 1 aliphatic rings. The van der Waals surface area contributed by atoms with Crippen LogP contribution in [-0.4, -0.2) is 41.0 Å². The molecule has 2 rings (SSSR count). The van der Waals surface area contributed by atoms with Gasteiger partial charge in [-0.25, -0.2) is 4.79 Å². The summed E-state index contributed by atoms with van der Waals surface area (Å²) in [6.45, 7) is 1.000. The van der Waals surface area contributed by atoms with Gasteiger partial charge in [0.2, 0.25) is 0 Å². The van der Waals surface area contributed by atoms with Gasteiger partial charge in [-0.3, -0.25) is 14.5 Å². The van der Waals surface area contributed by atoms with Crippen molar-refractivity contribution in [1.29, 1.82) is 5.26 Å². The van der Waals surface area contributed by atoms with Crippen LogP contribution in [0.15, 0.2) is 29.8 Å². The van der Waals surface area contributed by atoms with E-state index < -0.39 is 24.4 Å². The lowest BCUT2D eigenvalue weighted by molar-refractivity contribution is -0.139. The SMILES string of the molecule is CCOC(=O)/C(C#N)=C1/c2ccccc2C(=O)N1CC(=O)O. The van der Waals surface area contributed by atoms with Crippen LogP contribution in [0.3, 0.4) is 0 Å². The third kappa shape index (κ3) is 2.54. The fourth-order valence-corrected chi connectivity index (χ4v) is 2.22. The number of hydrogen-bond acceptors (Lipinski definition) is 5. The summed E-state index contributed by atoms with van der Waals surface area (Å²) in [7, 11) is 0. The van der Waals surface area contributed by atoms with Crippen LogP contribution in [0.4, 0.5) is 0 Å².